The Kier molecular flexibility index (Phi) is 3.84. The highest BCUT2D eigenvalue weighted by Crippen LogP contribution is 1.95. The number of esters is 1. The van der Waals surface area contributed by atoms with E-state index in [0.717, 1.165) is 19.0 Å². The molecule has 1 aromatic rings. The van der Waals surface area contributed by atoms with Crippen LogP contribution in [0.4, 0.5) is 0 Å². The SMILES string of the molecule is CCCCOC(=O)c1cncc(=O)[nH]1. The highest BCUT2D eigenvalue weighted by molar-refractivity contribution is 5.86. The molecule has 0 unspecified atom stereocenters. The van der Waals surface area contributed by atoms with Crippen LogP contribution in [0.1, 0.15) is 30.3 Å². The van der Waals surface area contributed by atoms with Crippen LogP contribution in [0.15, 0.2) is 17.2 Å². The number of H-pyrrole nitrogens is 1. The number of carbonyl (C=O) groups is 1. The van der Waals surface area contributed by atoms with Crippen LogP contribution < -0.4 is 5.56 Å². The first-order chi connectivity index (χ1) is 6.74. The summed E-state index contributed by atoms with van der Waals surface area (Å²) in [4.78, 5) is 28.0. The maximum atomic E-state index is 11.2. The number of ether oxygens (including phenoxy) is 1. The largest absolute Gasteiger partial charge is 0.461 e. The van der Waals surface area contributed by atoms with Crippen LogP contribution >= 0.6 is 0 Å². The third-order valence-corrected chi connectivity index (χ3v) is 1.60. The molecular formula is C9H12N2O3. The maximum absolute atomic E-state index is 11.2. The number of hydrogen-bond donors (Lipinski definition) is 1. The number of aromatic nitrogens is 2. The van der Waals surface area contributed by atoms with Gasteiger partial charge in [-0.05, 0) is 6.42 Å². The summed E-state index contributed by atoms with van der Waals surface area (Å²) in [6.07, 6.45) is 4.14. The molecule has 1 aromatic heterocycles. The molecule has 0 saturated carbocycles. The summed E-state index contributed by atoms with van der Waals surface area (Å²) in [5.41, 5.74) is -0.316. The van der Waals surface area contributed by atoms with Crippen LogP contribution in [0.3, 0.4) is 0 Å². The van der Waals surface area contributed by atoms with Crippen LogP contribution in [0, 0.1) is 0 Å². The molecular weight excluding hydrogens is 184 g/mol. The van der Waals surface area contributed by atoms with Crippen molar-refractivity contribution in [1.29, 1.82) is 0 Å². The van der Waals surface area contributed by atoms with E-state index >= 15 is 0 Å². The van der Waals surface area contributed by atoms with Gasteiger partial charge in [0.1, 0.15) is 5.69 Å². The molecule has 0 aromatic carbocycles. The number of rotatable bonds is 4. The molecule has 5 nitrogen and oxygen atoms in total. The van der Waals surface area contributed by atoms with Crippen LogP contribution in [0.2, 0.25) is 0 Å². The van der Waals surface area contributed by atoms with Gasteiger partial charge in [0.15, 0.2) is 0 Å². The smallest absolute Gasteiger partial charge is 0.356 e. The first-order valence-corrected chi connectivity index (χ1v) is 4.45. The van der Waals surface area contributed by atoms with Gasteiger partial charge >= 0.3 is 5.97 Å². The Labute approximate surface area is 81.1 Å². The van der Waals surface area contributed by atoms with Crippen molar-refractivity contribution >= 4 is 5.97 Å². The van der Waals surface area contributed by atoms with Crippen molar-refractivity contribution in [3.63, 3.8) is 0 Å². The molecule has 0 fully saturated rings. The molecule has 0 aliphatic heterocycles. The van der Waals surface area contributed by atoms with Crippen LogP contribution in [0.5, 0.6) is 0 Å². The normalized spacial score (nSPS) is 9.79. The number of carbonyl (C=O) groups excluding carboxylic acids is 1. The minimum Gasteiger partial charge on any atom is -0.461 e. The third kappa shape index (κ3) is 3.01. The van der Waals surface area contributed by atoms with E-state index in [0.29, 0.717) is 6.61 Å². The van der Waals surface area contributed by atoms with Crippen LogP contribution in [0.25, 0.3) is 0 Å². The minimum absolute atomic E-state index is 0.0913. The van der Waals surface area contributed by atoms with Gasteiger partial charge in [0.05, 0.1) is 19.0 Å². The predicted octanol–water partition coefficient (Wildman–Crippen LogP) is 0.727. The fourth-order valence-electron chi connectivity index (χ4n) is 0.867. The highest BCUT2D eigenvalue weighted by atomic mass is 16.5. The fraction of sp³-hybridized carbons (Fsp3) is 0.444. The second-order valence-electron chi connectivity index (χ2n) is 2.80. The molecule has 0 aliphatic carbocycles. The summed E-state index contributed by atoms with van der Waals surface area (Å²) < 4.78 is 4.87. The van der Waals surface area contributed by atoms with Gasteiger partial charge in [-0.25, -0.2) is 4.79 Å². The number of aromatic amines is 1. The van der Waals surface area contributed by atoms with Gasteiger partial charge < -0.3 is 9.72 Å². The van der Waals surface area contributed by atoms with Gasteiger partial charge in [0.2, 0.25) is 0 Å². The second-order valence-corrected chi connectivity index (χ2v) is 2.80. The lowest BCUT2D eigenvalue weighted by Gasteiger charge is -2.02. The maximum Gasteiger partial charge on any atom is 0.356 e. The summed E-state index contributed by atoms with van der Waals surface area (Å²) >= 11 is 0. The average Bonchev–Trinajstić information content (AvgIpc) is 2.18. The third-order valence-electron chi connectivity index (χ3n) is 1.60. The summed E-state index contributed by atoms with van der Waals surface area (Å²) in [7, 11) is 0. The molecule has 5 heteroatoms. The lowest BCUT2D eigenvalue weighted by molar-refractivity contribution is 0.0492. The monoisotopic (exact) mass is 196 g/mol. The van der Waals surface area contributed by atoms with E-state index in [-0.39, 0.29) is 5.69 Å². The standard InChI is InChI=1S/C9H12N2O3/c1-2-3-4-14-9(13)7-5-10-6-8(12)11-7/h5-6H,2-4H2,1H3,(H,11,12). The Morgan fingerprint density at radius 2 is 2.36 bits per heavy atom. The first kappa shape index (κ1) is 10.4. The Bertz CT molecular complexity index is 359. The molecule has 1 rings (SSSR count). The van der Waals surface area contributed by atoms with E-state index in [2.05, 4.69) is 9.97 Å². The van der Waals surface area contributed by atoms with Gasteiger partial charge in [-0.15, -0.1) is 0 Å². The number of nitrogens with zero attached hydrogens (tertiary/aromatic N) is 1. The topological polar surface area (TPSA) is 72.0 Å². The summed E-state index contributed by atoms with van der Waals surface area (Å²) in [5.74, 6) is -0.538. The van der Waals surface area contributed by atoms with Crippen molar-refractivity contribution in [3.05, 3.63) is 28.4 Å². The van der Waals surface area contributed by atoms with E-state index in [9.17, 15) is 9.59 Å². The molecule has 1 N–H and O–H groups in total. The quantitative estimate of drug-likeness (QED) is 0.569. The Hall–Kier alpha value is -1.65. The van der Waals surface area contributed by atoms with E-state index in [4.69, 9.17) is 4.74 Å². The predicted molar refractivity (Wildman–Crippen MR) is 50.0 cm³/mol. The molecule has 0 amide bonds. The number of hydrogen-bond acceptors (Lipinski definition) is 4. The molecule has 1 heterocycles. The minimum atomic E-state index is -0.538. The van der Waals surface area contributed by atoms with Gasteiger partial charge in [-0.1, -0.05) is 13.3 Å². The first-order valence-electron chi connectivity index (χ1n) is 4.45. The van der Waals surface area contributed by atoms with E-state index in [1.165, 1.54) is 6.20 Å². The second kappa shape index (κ2) is 5.16. The van der Waals surface area contributed by atoms with E-state index in [1.807, 2.05) is 6.92 Å². The highest BCUT2D eigenvalue weighted by Gasteiger charge is 2.07. The Morgan fingerprint density at radius 3 is 3.00 bits per heavy atom. The summed E-state index contributed by atoms with van der Waals surface area (Å²) in [5, 5.41) is 0. The van der Waals surface area contributed by atoms with Gasteiger partial charge in [0.25, 0.3) is 5.56 Å². The molecule has 76 valence electrons. The molecule has 0 spiro atoms. The Morgan fingerprint density at radius 1 is 1.57 bits per heavy atom. The van der Waals surface area contributed by atoms with E-state index in [1.54, 1.807) is 0 Å². The summed E-state index contributed by atoms with van der Waals surface area (Å²) in [6.45, 7) is 2.37. The average molecular weight is 196 g/mol. The van der Waals surface area contributed by atoms with Crippen molar-refractivity contribution < 1.29 is 9.53 Å². The number of nitrogens with one attached hydrogen (secondary N) is 1. The van der Waals surface area contributed by atoms with Gasteiger partial charge in [0, 0.05) is 0 Å². The van der Waals surface area contributed by atoms with Crippen LogP contribution in [-0.4, -0.2) is 22.5 Å². The molecule has 0 atom stereocenters. The van der Waals surface area contributed by atoms with Crippen molar-refractivity contribution in [2.75, 3.05) is 6.61 Å². The summed E-state index contributed by atoms with van der Waals surface area (Å²) in [6, 6.07) is 0. The zero-order valence-electron chi connectivity index (χ0n) is 7.95. The molecule has 0 bridgehead atoms. The van der Waals surface area contributed by atoms with Gasteiger partial charge in [-0.3, -0.25) is 9.78 Å². The zero-order chi connectivity index (χ0) is 10.4. The Balaban J connectivity index is 2.56. The molecule has 0 radical (unpaired) electrons. The van der Waals surface area contributed by atoms with Crippen LogP contribution in [-0.2, 0) is 4.74 Å². The number of unbranched alkanes of at least 4 members (excludes halogenated alkanes) is 1. The van der Waals surface area contributed by atoms with Crippen molar-refractivity contribution in [2.45, 2.75) is 19.8 Å². The van der Waals surface area contributed by atoms with Crippen molar-refractivity contribution in [3.8, 4) is 0 Å². The fourth-order valence-corrected chi connectivity index (χ4v) is 0.867. The molecule has 0 saturated heterocycles. The zero-order valence-corrected chi connectivity index (χ0v) is 7.95. The molecule has 14 heavy (non-hydrogen) atoms. The van der Waals surface area contributed by atoms with Crippen molar-refractivity contribution in [1.82, 2.24) is 9.97 Å². The lowest BCUT2D eigenvalue weighted by atomic mass is 10.4. The molecule has 0 aliphatic rings. The van der Waals surface area contributed by atoms with E-state index < -0.39 is 11.5 Å². The van der Waals surface area contributed by atoms with Crippen molar-refractivity contribution in [2.24, 2.45) is 0 Å². The van der Waals surface area contributed by atoms with Gasteiger partial charge in [-0.2, -0.15) is 0 Å². The lowest BCUT2D eigenvalue weighted by Crippen LogP contribution is -2.15.